The molecular formula is C28H31Cl2N3O4S. The SMILES string of the molecule is CC(C)NC(=O)[C@H](Cc1ccccc1)N(Cc1ccccc1)C(=O)CN(c1ccc(Cl)cc1Cl)S(C)(=O)=O. The molecule has 1 atom stereocenters. The van der Waals surface area contributed by atoms with Crippen molar-refractivity contribution >= 4 is 50.7 Å². The molecule has 0 unspecified atom stereocenters. The van der Waals surface area contributed by atoms with E-state index in [1.807, 2.05) is 74.5 Å². The van der Waals surface area contributed by atoms with E-state index < -0.39 is 28.5 Å². The lowest BCUT2D eigenvalue weighted by Gasteiger charge is -2.34. The van der Waals surface area contributed by atoms with Gasteiger partial charge in [-0.15, -0.1) is 0 Å². The zero-order valence-electron chi connectivity index (χ0n) is 21.5. The molecule has 10 heteroatoms. The third-order valence-corrected chi connectivity index (χ3v) is 7.42. The molecule has 3 aromatic carbocycles. The summed E-state index contributed by atoms with van der Waals surface area (Å²) in [4.78, 5) is 28.8. The number of amides is 2. The Labute approximate surface area is 234 Å². The van der Waals surface area contributed by atoms with Crippen LogP contribution in [0.15, 0.2) is 78.9 Å². The van der Waals surface area contributed by atoms with Crippen molar-refractivity contribution in [1.29, 1.82) is 0 Å². The van der Waals surface area contributed by atoms with Gasteiger partial charge >= 0.3 is 0 Å². The average molecular weight is 577 g/mol. The Bertz CT molecular complexity index is 1350. The van der Waals surface area contributed by atoms with Gasteiger partial charge in [-0.05, 0) is 43.2 Å². The van der Waals surface area contributed by atoms with Gasteiger partial charge in [-0.25, -0.2) is 8.42 Å². The quantitative estimate of drug-likeness (QED) is 0.351. The van der Waals surface area contributed by atoms with Gasteiger partial charge in [0.25, 0.3) is 0 Å². The molecule has 0 fully saturated rings. The van der Waals surface area contributed by atoms with Crippen LogP contribution in [0.3, 0.4) is 0 Å². The molecule has 0 heterocycles. The van der Waals surface area contributed by atoms with Crippen LogP contribution in [0.4, 0.5) is 5.69 Å². The van der Waals surface area contributed by atoms with Crippen molar-refractivity contribution in [1.82, 2.24) is 10.2 Å². The molecule has 2 amide bonds. The number of carbonyl (C=O) groups is 2. The first-order valence-electron chi connectivity index (χ1n) is 12.1. The van der Waals surface area contributed by atoms with Gasteiger partial charge < -0.3 is 10.2 Å². The van der Waals surface area contributed by atoms with Crippen molar-refractivity contribution in [2.45, 2.75) is 38.9 Å². The van der Waals surface area contributed by atoms with Gasteiger partial charge in [0.05, 0.1) is 17.0 Å². The molecule has 0 spiro atoms. The Morgan fingerprint density at radius 3 is 2.00 bits per heavy atom. The Morgan fingerprint density at radius 2 is 1.47 bits per heavy atom. The first-order chi connectivity index (χ1) is 18.0. The molecule has 3 rings (SSSR count). The average Bonchev–Trinajstić information content (AvgIpc) is 2.85. The Balaban J connectivity index is 2.05. The number of carbonyl (C=O) groups excluding carboxylic acids is 2. The zero-order valence-corrected chi connectivity index (χ0v) is 23.8. The van der Waals surface area contributed by atoms with Crippen LogP contribution in [0.25, 0.3) is 0 Å². The summed E-state index contributed by atoms with van der Waals surface area (Å²) in [5.41, 5.74) is 1.78. The minimum Gasteiger partial charge on any atom is -0.352 e. The standard InChI is InChI=1S/C28H31Cl2N3O4S/c1-20(2)31-28(35)26(16-21-10-6-4-7-11-21)32(18-22-12-8-5-9-13-22)27(34)19-33(38(3,36)37)25-15-14-23(29)17-24(25)30/h4-15,17,20,26H,16,18-19H2,1-3H3,(H,31,35)/t26-/m0/s1. The van der Waals surface area contributed by atoms with E-state index in [2.05, 4.69) is 5.32 Å². The zero-order chi connectivity index (χ0) is 27.9. The van der Waals surface area contributed by atoms with E-state index in [9.17, 15) is 18.0 Å². The molecule has 0 aliphatic heterocycles. The summed E-state index contributed by atoms with van der Waals surface area (Å²) in [6.07, 6.45) is 1.25. The van der Waals surface area contributed by atoms with Crippen LogP contribution in [-0.4, -0.2) is 50.0 Å². The van der Waals surface area contributed by atoms with E-state index >= 15 is 0 Å². The number of sulfonamides is 1. The van der Waals surface area contributed by atoms with Crippen molar-refractivity contribution in [3.63, 3.8) is 0 Å². The molecule has 202 valence electrons. The number of nitrogens with zero attached hydrogens (tertiary/aromatic N) is 2. The summed E-state index contributed by atoms with van der Waals surface area (Å²) in [5, 5.41) is 3.33. The van der Waals surface area contributed by atoms with Crippen molar-refractivity contribution in [3.8, 4) is 0 Å². The summed E-state index contributed by atoms with van der Waals surface area (Å²) in [5.74, 6) is -0.881. The van der Waals surface area contributed by atoms with E-state index in [0.717, 1.165) is 21.7 Å². The van der Waals surface area contributed by atoms with E-state index in [0.29, 0.717) is 5.02 Å². The van der Waals surface area contributed by atoms with Crippen molar-refractivity contribution in [2.24, 2.45) is 0 Å². The van der Waals surface area contributed by atoms with Gasteiger partial charge in [0.1, 0.15) is 12.6 Å². The lowest BCUT2D eigenvalue weighted by atomic mass is 10.0. The maximum absolute atomic E-state index is 13.9. The number of nitrogens with one attached hydrogen (secondary N) is 1. The van der Waals surface area contributed by atoms with Crippen LogP contribution in [0.1, 0.15) is 25.0 Å². The van der Waals surface area contributed by atoms with E-state index in [4.69, 9.17) is 23.2 Å². The van der Waals surface area contributed by atoms with Crippen molar-refractivity contribution in [2.75, 3.05) is 17.1 Å². The number of hydrogen-bond acceptors (Lipinski definition) is 4. The third-order valence-electron chi connectivity index (χ3n) is 5.76. The van der Waals surface area contributed by atoms with Crippen LogP contribution in [0, 0.1) is 0 Å². The van der Waals surface area contributed by atoms with E-state index in [1.54, 1.807) is 0 Å². The summed E-state index contributed by atoms with van der Waals surface area (Å²) >= 11 is 12.3. The second kappa shape index (κ2) is 13.1. The van der Waals surface area contributed by atoms with Crippen LogP contribution >= 0.6 is 23.2 Å². The summed E-state index contributed by atoms with van der Waals surface area (Å²) in [7, 11) is -3.92. The Morgan fingerprint density at radius 1 is 0.895 bits per heavy atom. The largest absolute Gasteiger partial charge is 0.352 e. The molecule has 0 radical (unpaired) electrons. The second-order valence-electron chi connectivity index (χ2n) is 9.24. The minimum absolute atomic E-state index is 0.0868. The first-order valence-corrected chi connectivity index (χ1v) is 14.7. The Hall–Kier alpha value is -3.07. The molecule has 0 aliphatic carbocycles. The van der Waals surface area contributed by atoms with Crippen molar-refractivity contribution < 1.29 is 18.0 Å². The lowest BCUT2D eigenvalue weighted by molar-refractivity contribution is -0.140. The molecule has 0 saturated carbocycles. The van der Waals surface area contributed by atoms with Crippen LogP contribution in [-0.2, 0) is 32.6 Å². The van der Waals surface area contributed by atoms with Crippen LogP contribution < -0.4 is 9.62 Å². The maximum Gasteiger partial charge on any atom is 0.244 e. The summed E-state index contributed by atoms with van der Waals surface area (Å²) in [6, 6.07) is 21.9. The van der Waals surface area contributed by atoms with Gasteiger partial charge in [-0.2, -0.15) is 0 Å². The highest BCUT2D eigenvalue weighted by atomic mass is 35.5. The fraction of sp³-hybridized carbons (Fsp3) is 0.286. The molecule has 38 heavy (non-hydrogen) atoms. The highest BCUT2D eigenvalue weighted by Gasteiger charge is 2.33. The van der Waals surface area contributed by atoms with Gasteiger partial charge in [-0.1, -0.05) is 83.9 Å². The van der Waals surface area contributed by atoms with Crippen LogP contribution in [0.5, 0.6) is 0 Å². The lowest BCUT2D eigenvalue weighted by Crippen LogP contribution is -2.54. The molecule has 0 aromatic heterocycles. The number of halogens is 2. The first kappa shape index (κ1) is 29.5. The van der Waals surface area contributed by atoms with Gasteiger partial charge in [0, 0.05) is 24.0 Å². The smallest absolute Gasteiger partial charge is 0.244 e. The number of hydrogen-bond donors (Lipinski definition) is 1. The highest BCUT2D eigenvalue weighted by molar-refractivity contribution is 7.92. The molecule has 3 aromatic rings. The van der Waals surface area contributed by atoms with E-state index in [-0.39, 0.29) is 35.6 Å². The number of benzene rings is 3. The predicted molar refractivity (Wildman–Crippen MR) is 153 cm³/mol. The highest BCUT2D eigenvalue weighted by Crippen LogP contribution is 2.30. The van der Waals surface area contributed by atoms with Gasteiger partial charge in [-0.3, -0.25) is 13.9 Å². The molecule has 0 bridgehead atoms. The topological polar surface area (TPSA) is 86.8 Å². The number of rotatable bonds is 11. The Kier molecular flexibility index (Phi) is 10.2. The monoisotopic (exact) mass is 575 g/mol. The third kappa shape index (κ3) is 8.21. The van der Waals surface area contributed by atoms with Gasteiger partial charge in [0.2, 0.25) is 21.8 Å². The molecule has 1 N–H and O–H groups in total. The fourth-order valence-corrected chi connectivity index (χ4v) is 5.42. The molecule has 0 saturated heterocycles. The van der Waals surface area contributed by atoms with E-state index in [1.165, 1.54) is 23.1 Å². The predicted octanol–water partition coefficient (Wildman–Crippen LogP) is 4.92. The molecule has 0 aliphatic rings. The maximum atomic E-state index is 13.9. The van der Waals surface area contributed by atoms with Gasteiger partial charge in [0.15, 0.2) is 0 Å². The fourth-order valence-electron chi connectivity index (χ4n) is 3.99. The molecule has 7 nitrogen and oxygen atoms in total. The number of anilines is 1. The molecular weight excluding hydrogens is 545 g/mol. The second-order valence-corrected chi connectivity index (χ2v) is 12.0. The van der Waals surface area contributed by atoms with Crippen molar-refractivity contribution in [3.05, 3.63) is 100 Å². The summed E-state index contributed by atoms with van der Waals surface area (Å²) < 4.78 is 26.6. The summed E-state index contributed by atoms with van der Waals surface area (Å²) in [6.45, 7) is 3.24. The van der Waals surface area contributed by atoms with Crippen LogP contribution in [0.2, 0.25) is 10.0 Å². The minimum atomic E-state index is -3.92. The normalized spacial score (nSPS) is 12.2.